The van der Waals surface area contributed by atoms with E-state index >= 15 is 0 Å². The summed E-state index contributed by atoms with van der Waals surface area (Å²) in [6.07, 6.45) is 5.73. The van der Waals surface area contributed by atoms with Crippen LogP contribution in [-0.2, 0) is 13.1 Å². The number of amides is 2. The lowest BCUT2D eigenvalue weighted by Gasteiger charge is -2.27. The number of alkyl halides is 2. The van der Waals surface area contributed by atoms with Crippen LogP contribution in [0.4, 0.5) is 8.78 Å². The molecule has 1 aliphatic rings. The summed E-state index contributed by atoms with van der Waals surface area (Å²) in [6.45, 7) is 2.88. The molecule has 0 saturated carbocycles. The first-order valence-electron chi connectivity index (χ1n) is 11.7. The van der Waals surface area contributed by atoms with Crippen LogP contribution in [0.15, 0.2) is 49.2 Å². The fourth-order valence-electron chi connectivity index (χ4n) is 4.68. The average Bonchev–Trinajstić information content (AvgIpc) is 3.61. The zero-order chi connectivity index (χ0) is 25.7. The lowest BCUT2D eigenvalue weighted by molar-refractivity contribution is 0.0707. The highest BCUT2D eigenvalue weighted by atomic mass is 19.3. The predicted octanol–water partition coefficient (Wildman–Crippen LogP) is 3.03. The summed E-state index contributed by atoms with van der Waals surface area (Å²) in [5.74, 6) is 0.0859. The van der Waals surface area contributed by atoms with Crippen LogP contribution >= 0.6 is 0 Å². The van der Waals surface area contributed by atoms with Crippen molar-refractivity contribution in [2.75, 3.05) is 13.1 Å². The molecule has 0 aliphatic carbocycles. The number of hydrogen-bond donors (Lipinski definition) is 2. The van der Waals surface area contributed by atoms with E-state index in [2.05, 4.69) is 29.8 Å². The van der Waals surface area contributed by atoms with Gasteiger partial charge in [0.2, 0.25) is 0 Å². The topological polar surface area (TPSA) is 113 Å². The molecule has 188 valence electrons. The second kappa shape index (κ2) is 8.80. The number of H-pyrrole nitrogens is 1. The van der Waals surface area contributed by atoms with E-state index in [1.165, 1.54) is 6.20 Å². The lowest BCUT2D eigenvalue weighted by atomic mass is 10.1. The number of nitrogens with one attached hydrogen (secondary N) is 2. The maximum absolute atomic E-state index is 13.3. The molecule has 0 fully saturated rings. The van der Waals surface area contributed by atoms with E-state index in [-0.39, 0.29) is 11.6 Å². The van der Waals surface area contributed by atoms with Crippen molar-refractivity contribution in [1.29, 1.82) is 0 Å². The van der Waals surface area contributed by atoms with Crippen molar-refractivity contribution in [3.05, 3.63) is 72.0 Å². The Hall–Kier alpha value is -4.61. The number of aromatic amines is 1. The Bertz CT molecular complexity index is 1670. The number of aromatic nitrogens is 6. The molecule has 0 radical (unpaired) electrons. The number of aryl methyl sites for hydroxylation is 1. The molecule has 6 rings (SSSR count). The summed E-state index contributed by atoms with van der Waals surface area (Å²) in [5, 5.41) is 2.94. The fourth-order valence-corrected chi connectivity index (χ4v) is 4.68. The monoisotopic (exact) mass is 504 g/mol. The van der Waals surface area contributed by atoms with Crippen LogP contribution in [0, 0.1) is 6.92 Å². The molecule has 0 aromatic carbocycles. The number of carbonyl (C=O) groups excluding carboxylic acids is 2. The van der Waals surface area contributed by atoms with Gasteiger partial charge in [-0.05, 0) is 25.1 Å². The van der Waals surface area contributed by atoms with Gasteiger partial charge in [0, 0.05) is 54.4 Å². The Morgan fingerprint density at radius 1 is 1.16 bits per heavy atom. The number of nitrogens with zero attached hydrogens (tertiary/aromatic N) is 6. The van der Waals surface area contributed by atoms with E-state index < -0.39 is 18.9 Å². The van der Waals surface area contributed by atoms with Crippen molar-refractivity contribution in [2.45, 2.75) is 26.4 Å². The molecule has 6 heterocycles. The predicted molar refractivity (Wildman–Crippen MR) is 130 cm³/mol. The molecule has 1 aliphatic heterocycles. The van der Waals surface area contributed by atoms with Crippen molar-refractivity contribution in [1.82, 2.24) is 39.1 Å². The fraction of sp³-hybridized carbons (Fsp3) is 0.240. The summed E-state index contributed by atoms with van der Waals surface area (Å²) >= 11 is 0. The summed E-state index contributed by atoms with van der Waals surface area (Å²) in [4.78, 5) is 43.8. The van der Waals surface area contributed by atoms with Crippen LogP contribution < -0.4 is 5.32 Å². The molecule has 0 atom stereocenters. The van der Waals surface area contributed by atoms with E-state index in [0.29, 0.717) is 36.5 Å². The second-order valence-electron chi connectivity index (χ2n) is 8.93. The van der Waals surface area contributed by atoms with Gasteiger partial charge in [-0.25, -0.2) is 23.7 Å². The highest BCUT2D eigenvalue weighted by molar-refractivity contribution is 6.01. The number of hydrogen-bond acceptors (Lipinski definition) is 5. The van der Waals surface area contributed by atoms with E-state index in [1.807, 2.05) is 19.2 Å². The summed E-state index contributed by atoms with van der Waals surface area (Å²) in [6, 6.07) is 5.38. The van der Waals surface area contributed by atoms with Crippen LogP contribution in [0.25, 0.3) is 27.8 Å². The molecule has 0 bridgehead atoms. The van der Waals surface area contributed by atoms with E-state index in [1.54, 1.807) is 40.0 Å². The van der Waals surface area contributed by atoms with Crippen molar-refractivity contribution in [3.63, 3.8) is 0 Å². The van der Waals surface area contributed by atoms with Crippen LogP contribution in [0.5, 0.6) is 0 Å². The number of fused-ring (bicyclic) bond motifs is 3. The molecular weight excluding hydrogens is 482 g/mol. The first kappa shape index (κ1) is 22.8. The Kier molecular flexibility index (Phi) is 5.43. The highest BCUT2D eigenvalue weighted by Gasteiger charge is 2.24. The molecule has 2 amide bonds. The van der Waals surface area contributed by atoms with E-state index in [4.69, 9.17) is 0 Å². The standard InChI is InChI=1S/C25H22F2N8O2/c1-14-11-33-4-5-34(13-22(33)32-14)25(37)16-6-17-18(8-30-23(17)29-7-16)15-2-3-21-28-9-19(35(21)12-15)24(36)31-10-20(26)27/h2-3,6-9,11-12,20H,4-5,10,13H2,1H3,(H,29,30)(H,31,36). The molecule has 2 N–H and O–H groups in total. The van der Waals surface area contributed by atoms with Gasteiger partial charge in [-0.1, -0.05) is 0 Å². The van der Waals surface area contributed by atoms with Gasteiger partial charge in [0.1, 0.15) is 22.8 Å². The third kappa shape index (κ3) is 4.09. The second-order valence-corrected chi connectivity index (χ2v) is 8.93. The number of imidazole rings is 2. The van der Waals surface area contributed by atoms with Gasteiger partial charge in [-0.3, -0.25) is 14.0 Å². The maximum atomic E-state index is 13.3. The first-order chi connectivity index (χ1) is 17.9. The minimum atomic E-state index is -2.65. The van der Waals surface area contributed by atoms with Crippen LogP contribution in [0.1, 0.15) is 32.4 Å². The van der Waals surface area contributed by atoms with Crippen LogP contribution in [0.3, 0.4) is 0 Å². The molecule has 37 heavy (non-hydrogen) atoms. The Labute approximate surface area is 209 Å². The third-order valence-electron chi connectivity index (χ3n) is 6.45. The van der Waals surface area contributed by atoms with Gasteiger partial charge in [0.15, 0.2) is 0 Å². The molecule has 5 aromatic heterocycles. The average molecular weight is 505 g/mol. The van der Waals surface area contributed by atoms with Crippen molar-refractivity contribution < 1.29 is 18.4 Å². The van der Waals surface area contributed by atoms with Crippen LogP contribution in [0.2, 0.25) is 0 Å². The van der Waals surface area contributed by atoms with Gasteiger partial charge in [-0.2, -0.15) is 0 Å². The lowest BCUT2D eigenvalue weighted by Crippen LogP contribution is -2.38. The highest BCUT2D eigenvalue weighted by Crippen LogP contribution is 2.29. The van der Waals surface area contributed by atoms with E-state index in [0.717, 1.165) is 28.0 Å². The first-order valence-corrected chi connectivity index (χ1v) is 11.7. The maximum Gasteiger partial charge on any atom is 0.270 e. The normalized spacial score (nSPS) is 13.5. The zero-order valence-corrected chi connectivity index (χ0v) is 19.8. The largest absolute Gasteiger partial charge is 0.346 e. The van der Waals surface area contributed by atoms with Crippen molar-refractivity contribution >= 4 is 28.5 Å². The smallest absolute Gasteiger partial charge is 0.270 e. The van der Waals surface area contributed by atoms with Gasteiger partial charge >= 0.3 is 0 Å². The van der Waals surface area contributed by atoms with Gasteiger partial charge in [0.25, 0.3) is 18.2 Å². The Morgan fingerprint density at radius 3 is 2.86 bits per heavy atom. The van der Waals surface area contributed by atoms with Crippen LogP contribution in [-0.4, -0.2) is 65.1 Å². The molecule has 0 spiro atoms. The molecular formula is C25H22F2N8O2. The minimum Gasteiger partial charge on any atom is -0.346 e. The molecule has 10 nitrogen and oxygen atoms in total. The third-order valence-corrected chi connectivity index (χ3v) is 6.45. The van der Waals surface area contributed by atoms with Gasteiger partial charge in [-0.15, -0.1) is 0 Å². The quantitative estimate of drug-likeness (QED) is 0.382. The number of halogens is 2. The van der Waals surface area contributed by atoms with Crippen molar-refractivity contribution in [2.24, 2.45) is 0 Å². The summed E-state index contributed by atoms with van der Waals surface area (Å²) in [7, 11) is 0. The molecule has 5 aromatic rings. The zero-order valence-electron chi connectivity index (χ0n) is 19.8. The van der Waals surface area contributed by atoms with Gasteiger partial charge < -0.3 is 19.8 Å². The Morgan fingerprint density at radius 2 is 2.03 bits per heavy atom. The minimum absolute atomic E-state index is 0.128. The van der Waals surface area contributed by atoms with E-state index in [9.17, 15) is 18.4 Å². The molecule has 12 heteroatoms. The van der Waals surface area contributed by atoms with Gasteiger partial charge in [0.05, 0.1) is 30.5 Å². The summed E-state index contributed by atoms with van der Waals surface area (Å²) < 4.78 is 28.7. The van der Waals surface area contributed by atoms with Crippen molar-refractivity contribution in [3.8, 4) is 11.1 Å². The Balaban J connectivity index is 1.32. The molecule has 0 saturated heterocycles. The summed E-state index contributed by atoms with van der Waals surface area (Å²) in [5.41, 5.74) is 4.15. The molecule has 0 unspecified atom stereocenters. The number of pyridine rings is 2. The number of carbonyl (C=O) groups is 2. The number of rotatable bonds is 5. The SMILES string of the molecule is Cc1cn2c(n1)CN(C(=O)c1cnc3[nH]cc(-c4ccc5ncc(C(=O)NCC(F)F)n5c4)c3c1)CC2.